The normalized spacial score (nSPS) is 10.2. The van der Waals surface area contributed by atoms with Crippen LogP contribution in [0.2, 0.25) is 0 Å². The van der Waals surface area contributed by atoms with Crippen LogP contribution >= 0.6 is 0 Å². The second-order valence-corrected chi connectivity index (χ2v) is 5.57. The summed E-state index contributed by atoms with van der Waals surface area (Å²) in [5.41, 5.74) is 1.49. The third-order valence-electron chi connectivity index (χ3n) is 3.66. The first-order valence-electron chi connectivity index (χ1n) is 8.32. The SMILES string of the molecule is COc1cccc(C(=O)OCCCCOC(=O)c2cccc(CO)c2)c1. The third kappa shape index (κ3) is 5.89. The first kappa shape index (κ1) is 19.5. The van der Waals surface area contributed by atoms with E-state index in [0.29, 0.717) is 35.3 Å². The lowest BCUT2D eigenvalue weighted by molar-refractivity contribution is 0.0432. The molecule has 0 saturated heterocycles. The number of benzene rings is 2. The van der Waals surface area contributed by atoms with Gasteiger partial charge in [0.2, 0.25) is 0 Å². The van der Waals surface area contributed by atoms with Crippen LogP contribution in [0.5, 0.6) is 5.75 Å². The largest absolute Gasteiger partial charge is 0.497 e. The Morgan fingerprint density at radius 3 is 2.04 bits per heavy atom. The average molecular weight is 358 g/mol. The number of hydrogen-bond acceptors (Lipinski definition) is 6. The number of unbranched alkanes of at least 4 members (excludes halogenated alkanes) is 1. The van der Waals surface area contributed by atoms with Gasteiger partial charge in [-0.05, 0) is 48.7 Å². The van der Waals surface area contributed by atoms with Gasteiger partial charge in [-0.1, -0.05) is 18.2 Å². The summed E-state index contributed by atoms with van der Waals surface area (Å²) < 4.78 is 15.4. The molecule has 0 aliphatic heterocycles. The van der Waals surface area contributed by atoms with E-state index in [-0.39, 0.29) is 19.8 Å². The summed E-state index contributed by atoms with van der Waals surface area (Å²) >= 11 is 0. The maximum atomic E-state index is 11.9. The predicted molar refractivity (Wildman–Crippen MR) is 95.2 cm³/mol. The zero-order chi connectivity index (χ0) is 18.8. The van der Waals surface area contributed by atoms with E-state index < -0.39 is 11.9 Å². The predicted octanol–water partition coefficient (Wildman–Crippen LogP) is 2.98. The van der Waals surface area contributed by atoms with Crippen molar-refractivity contribution < 1.29 is 28.9 Å². The smallest absolute Gasteiger partial charge is 0.338 e. The van der Waals surface area contributed by atoms with E-state index in [4.69, 9.17) is 19.3 Å². The molecular formula is C20H22O6. The van der Waals surface area contributed by atoms with E-state index in [1.54, 1.807) is 48.5 Å². The average Bonchev–Trinajstić information content (AvgIpc) is 2.70. The van der Waals surface area contributed by atoms with Gasteiger partial charge >= 0.3 is 11.9 Å². The van der Waals surface area contributed by atoms with Gasteiger partial charge in [-0.3, -0.25) is 0 Å². The molecule has 0 fully saturated rings. The standard InChI is InChI=1S/C20H22O6/c1-24-18-9-5-8-17(13-18)20(23)26-11-3-2-10-25-19(22)16-7-4-6-15(12-16)14-21/h4-9,12-13,21H,2-3,10-11,14H2,1H3. The van der Waals surface area contributed by atoms with E-state index in [2.05, 4.69) is 0 Å². The third-order valence-corrected chi connectivity index (χ3v) is 3.66. The van der Waals surface area contributed by atoms with Gasteiger partial charge in [0, 0.05) is 0 Å². The van der Waals surface area contributed by atoms with Gasteiger partial charge in [0.15, 0.2) is 0 Å². The first-order chi connectivity index (χ1) is 12.6. The van der Waals surface area contributed by atoms with Crippen molar-refractivity contribution in [2.45, 2.75) is 19.4 Å². The molecule has 0 aliphatic carbocycles. The molecule has 0 amide bonds. The van der Waals surface area contributed by atoms with Crippen molar-refractivity contribution in [2.24, 2.45) is 0 Å². The molecule has 6 heteroatoms. The minimum Gasteiger partial charge on any atom is -0.497 e. The van der Waals surface area contributed by atoms with Crippen LogP contribution in [0.15, 0.2) is 48.5 Å². The fourth-order valence-electron chi connectivity index (χ4n) is 2.25. The van der Waals surface area contributed by atoms with Gasteiger partial charge in [-0.2, -0.15) is 0 Å². The van der Waals surface area contributed by atoms with Gasteiger partial charge in [0.25, 0.3) is 0 Å². The Labute approximate surface area is 152 Å². The van der Waals surface area contributed by atoms with Gasteiger partial charge in [-0.25, -0.2) is 9.59 Å². The molecule has 6 nitrogen and oxygen atoms in total. The Morgan fingerprint density at radius 1 is 0.885 bits per heavy atom. The second kappa shape index (κ2) is 10.2. The molecule has 0 aromatic heterocycles. The topological polar surface area (TPSA) is 82.1 Å². The monoisotopic (exact) mass is 358 g/mol. The van der Waals surface area contributed by atoms with Crippen LogP contribution in [0.25, 0.3) is 0 Å². The molecule has 0 atom stereocenters. The molecule has 0 bridgehead atoms. The minimum absolute atomic E-state index is 0.125. The van der Waals surface area contributed by atoms with Crippen molar-refractivity contribution in [3.8, 4) is 5.75 Å². The molecule has 0 aliphatic rings. The molecule has 0 unspecified atom stereocenters. The van der Waals surface area contributed by atoms with Crippen LogP contribution in [0.3, 0.4) is 0 Å². The number of hydrogen-bond donors (Lipinski definition) is 1. The van der Waals surface area contributed by atoms with Crippen LogP contribution in [0, 0.1) is 0 Å². The Bertz CT molecular complexity index is 677. The molecular weight excluding hydrogens is 336 g/mol. The van der Waals surface area contributed by atoms with Crippen LogP contribution in [-0.2, 0) is 16.1 Å². The zero-order valence-corrected chi connectivity index (χ0v) is 14.6. The van der Waals surface area contributed by atoms with Crippen molar-refractivity contribution in [1.82, 2.24) is 0 Å². The highest BCUT2D eigenvalue weighted by molar-refractivity contribution is 5.90. The highest BCUT2D eigenvalue weighted by Gasteiger charge is 2.09. The van der Waals surface area contributed by atoms with E-state index in [0.717, 1.165) is 0 Å². The first-order valence-corrected chi connectivity index (χ1v) is 8.32. The van der Waals surface area contributed by atoms with Crippen LogP contribution in [0.4, 0.5) is 0 Å². The number of carbonyl (C=O) groups is 2. The minimum atomic E-state index is -0.436. The van der Waals surface area contributed by atoms with Gasteiger partial charge in [-0.15, -0.1) is 0 Å². The number of esters is 2. The number of rotatable bonds is 9. The molecule has 0 saturated carbocycles. The molecule has 26 heavy (non-hydrogen) atoms. The van der Waals surface area contributed by atoms with Crippen molar-refractivity contribution in [1.29, 1.82) is 0 Å². The van der Waals surface area contributed by atoms with Crippen LogP contribution < -0.4 is 4.74 Å². The fourth-order valence-corrected chi connectivity index (χ4v) is 2.25. The van der Waals surface area contributed by atoms with Gasteiger partial charge in [0.05, 0.1) is 38.1 Å². The number of ether oxygens (including phenoxy) is 3. The Morgan fingerprint density at radius 2 is 1.46 bits per heavy atom. The Balaban J connectivity index is 1.65. The summed E-state index contributed by atoms with van der Waals surface area (Å²) in [5.74, 6) is -0.257. The van der Waals surface area contributed by atoms with Crippen molar-refractivity contribution in [3.63, 3.8) is 0 Å². The lowest BCUT2D eigenvalue weighted by atomic mass is 10.1. The molecule has 2 rings (SSSR count). The van der Waals surface area contributed by atoms with Crippen molar-refractivity contribution in [3.05, 3.63) is 65.2 Å². The summed E-state index contributed by atoms with van der Waals surface area (Å²) in [5, 5.41) is 9.07. The Kier molecular flexibility index (Phi) is 7.64. The van der Waals surface area contributed by atoms with E-state index in [1.807, 2.05) is 0 Å². The van der Waals surface area contributed by atoms with Gasteiger partial charge in [0.1, 0.15) is 5.75 Å². The summed E-state index contributed by atoms with van der Waals surface area (Å²) in [7, 11) is 1.53. The maximum Gasteiger partial charge on any atom is 0.338 e. The quantitative estimate of drug-likeness (QED) is 0.548. The van der Waals surface area contributed by atoms with E-state index in [9.17, 15) is 9.59 Å². The maximum absolute atomic E-state index is 11.9. The van der Waals surface area contributed by atoms with Crippen molar-refractivity contribution >= 4 is 11.9 Å². The van der Waals surface area contributed by atoms with Crippen molar-refractivity contribution in [2.75, 3.05) is 20.3 Å². The molecule has 2 aromatic carbocycles. The van der Waals surface area contributed by atoms with E-state index in [1.165, 1.54) is 7.11 Å². The van der Waals surface area contributed by atoms with E-state index >= 15 is 0 Å². The molecule has 0 spiro atoms. The van der Waals surface area contributed by atoms with Crippen LogP contribution in [-0.4, -0.2) is 37.4 Å². The summed E-state index contributed by atoms with van der Waals surface area (Å²) in [6, 6.07) is 13.4. The van der Waals surface area contributed by atoms with Gasteiger partial charge < -0.3 is 19.3 Å². The van der Waals surface area contributed by atoms with Crippen LogP contribution in [0.1, 0.15) is 39.1 Å². The molecule has 2 aromatic rings. The number of aliphatic hydroxyl groups is 1. The summed E-state index contributed by atoms with van der Waals surface area (Å²) in [4.78, 5) is 23.8. The summed E-state index contributed by atoms with van der Waals surface area (Å²) in [6.45, 7) is 0.353. The molecule has 138 valence electrons. The second-order valence-electron chi connectivity index (χ2n) is 5.57. The molecule has 0 heterocycles. The highest BCUT2D eigenvalue weighted by Crippen LogP contribution is 2.13. The summed E-state index contributed by atoms with van der Waals surface area (Å²) in [6.07, 6.45) is 1.16. The highest BCUT2D eigenvalue weighted by atomic mass is 16.5. The Hall–Kier alpha value is -2.86. The zero-order valence-electron chi connectivity index (χ0n) is 14.6. The molecule has 0 radical (unpaired) electrons. The lowest BCUT2D eigenvalue weighted by Gasteiger charge is -2.07. The number of methoxy groups -OCH3 is 1. The number of carbonyl (C=O) groups excluding carboxylic acids is 2. The lowest BCUT2D eigenvalue weighted by Crippen LogP contribution is -2.09. The fraction of sp³-hybridized carbons (Fsp3) is 0.300. The molecule has 1 N–H and O–H groups in total. The number of aliphatic hydroxyl groups excluding tert-OH is 1.